The fourth-order valence-corrected chi connectivity index (χ4v) is 6.32. The number of rotatable bonds is 4. The summed E-state index contributed by atoms with van der Waals surface area (Å²) < 4.78 is 32.5. The van der Waals surface area contributed by atoms with Crippen molar-refractivity contribution in [1.82, 2.24) is 10.0 Å². The number of hydrogen-bond donors (Lipinski definition) is 2. The summed E-state index contributed by atoms with van der Waals surface area (Å²) in [4.78, 5) is 24.2. The van der Waals surface area contributed by atoms with Crippen molar-refractivity contribution in [2.45, 2.75) is 27.7 Å². The fourth-order valence-electron chi connectivity index (χ4n) is 4.36. The maximum Gasteiger partial charge on any atom is 0.337 e. The number of amides is 2. The molecule has 4 atom stereocenters. The van der Waals surface area contributed by atoms with Gasteiger partial charge in [-0.25, -0.2) is 22.7 Å². The van der Waals surface area contributed by atoms with E-state index in [0.717, 1.165) is 18.4 Å². The quantitative estimate of drug-likeness (QED) is 0.348. The number of sulfonamides is 1. The Balaban J connectivity index is 1.52. The largest absolute Gasteiger partial charge is 0.465 e. The van der Waals surface area contributed by atoms with Crippen LogP contribution in [0.1, 0.15) is 23.2 Å². The van der Waals surface area contributed by atoms with Crippen molar-refractivity contribution >= 4 is 44.6 Å². The molecule has 2 amide bonds. The molecule has 1 aromatic carbocycles. The standard InChI is InChI=1S/C21H21IN2O5S/c1-29-20(25)13-5-2-6-14(10-13)30(27,28)24-21(26)23-19-15-7-3-4-12(15)11-17-16(19)8-9-18(17)22/h2-7,10-11,15-16,18-19H,8-9H2,1H3,(H2,23,24,26). The number of allylic oxidation sites excluding steroid dienone is 3. The molecule has 30 heavy (non-hydrogen) atoms. The lowest BCUT2D eigenvalue weighted by Gasteiger charge is -2.35. The number of methoxy groups -OCH3 is 1. The zero-order valence-electron chi connectivity index (χ0n) is 16.2. The molecule has 0 saturated heterocycles. The highest BCUT2D eigenvalue weighted by Crippen LogP contribution is 2.47. The predicted octanol–water partition coefficient (Wildman–Crippen LogP) is 3.10. The van der Waals surface area contributed by atoms with Crippen molar-refractivity contribution < 1.29 is 22.7 Å². The normalized spacial score (nSPS) is 26.9. The third-order valence-electron chi connectivity index (χ3n) is 5.76. The first kappa shape index (κ1) is 21.1. The van der Waals surface area contributed by atoms with Gasteiger partial charge < -0.3 is 10.1 Å². The number of esters is 1. The smallest absolute Gasteiger partial charge is 0.337 e. The van der Waals surface area contributed by atoms with Crippen LogP contribution >= 0.6 is 22.6 Å². The predicted molar refractivity (Wildman–Crippen MR) is 120 cm³/mol. The molecule has 0 aliphatic heterocycles. The summed E-state index contributed by atoms with van der Waals surface area (Å²) >= 11 is 2.43. The highest BCUT2D eigenvalue weighted by atomic mass is 127. The van der Waals surface area contributed by atoms with E-state index in [1.54, 1.807) is 0 Å². The molecule has 7 nitrogen and oxygen atoms in total. The molecule has 4 rings (SSSR count). The van der Waals surface area contributed by atoms with Crippen LogP contribution in [0.3, 0.4) is 0 Å². The molecule has 0 radical (unpaired) electrons. The lowest BCUT2D eigenvalue weighted by Crippen LogP contribution is -2.51. The number of ether oxygens (including phenoxy) is 1. The maximum atomic E-state index is 12.7. The third kappa shape index (κ3) is 3.92. The summed E-state index contributed by atoms with van der Waals surface area (Å²) in [6, 6.07) is 4.40. The van der Waals surface area contributed by atoms with E-state index in [-0.39, 0.29) is 28.3 Å². The van der Waals surface area contributed by atoms with Crippen LogP contribution in [0, 0.1) is 11.8 Å². The molecule has 3 aliphatic rings. The molecule has 3 aliphatic carbocycles. The summed E-state index contributed by atoms with van der Waals surface area (Å²) in [6.45, 7) is 0. The number of benzene rings is 1. The molecule has 0 bridgehead atoms. The zero-order chi connectivity index (χ0) is 21.5. The number of alkyl halides is 1. The van der Waals surface area contributed by atoms with E-state index in [9.17, 15) is 18.0 Å². The van der Waals surface area contributed by atoms with Gasteiger partial charge in [-0.05, 0) is 36.6 Å². The van der Waals surface area contributed by atoms with Gasteiger partial charge in [0.25, 0.3) is 10.0 Å². The summed E-state index contributed by atoms with van der Waals surface area (Å²) in [6.07, 6.45) is 10.3. The van der Waals surface area contributed by atoms with Gasteiger partial charge in [0.2, 0.25) is 0 Å². The molecule has 4 unspecified atom stereocenters. The molecular formula is C21H21IN2O5S. The van der Waals surface area contributed by atoms with Gasteiger partial charge in [-0.15, -0.1) is 0 Å². The van der Waals surface area contributed by atoms with Gasteiger partial charge in [-0.1, -0.05) is 58.5 Å². The van der Waals surface area contributed by atoms with Gasteiger partial charge in [0, 0.05) is 21.8 Å². The van der Waals surface area contributed by atoms with Gasteiger partial charge >= 0.3 is 12.0 Å². The maximum absolute atomic E-state index is 12.7. The van der Waals surface area contributed by atoms with E-state index < -0.39 is 22.0 Å². The van der Waals surface area contributed by atoms with Gasteiger partial charge in [-0.3, -0.25) is 0 Å². The molecule has 158 valence electrons. The van der Waals surface area contributed by atoms with Gasteiger partial charge in [0.15, 0.2) is 0 Å². The van der Waals surface area contributed by atoms with Crippen molar-refractivity contribution in [3.05, 3.63) is 65.3 Å². The second-order valence-corrected chi connectivity index (χ2v) is 10.7. The number of nitrogens with one attached hydrogen (secondary N) is 2. The Morgan fingerprint density at radius 2 is 2.03 bits per heavy atom. The molecule has 2 N–H and O–H groups in total. The van der Waals surface area contributed by atoms with E-state index in [4.69, 9.17) is 0 Å². The van der Waals surface area contributed by atoms with E-state index >= 15 is 0 Å². The van der Waals surface area contributed by atoms with E-state index in [2.05, 4.69) is 43.4 Å². The average molecular weight is 540 g/mol. The van der Waals surface area contributed by atoms with Crippen molar-refractivity contribution in [3.63, 3.8) is 0 Å². The van der Waals surface area contributed by atoms with Crippen LogP contribution < -0.4 is 10.0 Å². The second-order valence-electron chi connectivity index (χ2n) is 7.50. The van der Waals surface area contributed by atoms with Crippen LogP contribution in [-0.4, -0.2) is 37.5 Å². The Labute approximate surface area is 188 Å². The molecule has 9 heteroatoms. The molecule has 1 aromatic rings. The lowest BCUT2D eigenvalue weighted by molar-refractivity contribution is 0.0600. The minimum atomic E-state index is -4.15. The Kier molecular flexibility index (Phi) is 5.75. The highest BCUT2D eigenvalue weighted by Gasteiger charge is 2.43. The zero-order valence-corrected chi connectivity index (χ0v) is 19.1. The molecule has 0 aromatic heterocycles. The van der Waals surface area contributed by atoms with Crippen LogP contribution in [0.2, 0.25) is 0 Å². The minimum Gasteiger partial charge on any atom is -0.465 e. The van der Waals surface area contributed by atoms with Crippen molar-refractivity contribution in [2.24, 2.45) is 11.8 Å². The topological polar surface area (TPSA) is 102 Å². The van der Waals surface area contributed by atoms with Crippen molar-refractivity contribution in [2.75, 3.05) is 7.11 Å². The Hall–Kier alpha value is -2.14. The number of halogens is 1. The summed E-state index contributed by atoms with van der Waals surface area (Å²) in [5, 5.41) is 2.90. The van der Waals surface area contributed by atoms with Crippen LogP contribution in [-0.2, 0) is 14.8 Å². The molecule has 1 saturated carbocycles. The first-order chi connectivity index (χ1) is 14.3. The summed E-state index contributed by atoms with van der Waals surface area (Å²) in [5.41, 5.74) is 2.54. The molecule has 1 fully saturated rings. The second kappa shape index (κ2) is 8.18. The Bertz CT molecular complexity index is 1090. The molecular weight excluding hydrogens is 519 g/mol. The number of hydrogen-bond acceptors (Lipinski definition) is 5. The number of carbonyl (C=O) groups excluding carboxylic acids is 2. The Morgan fingerprint density at radius 1 is 1.23 bits per heavy atom. The van der Waals surface area contributed by atoms with Crippen LogP contribution in [0.5, 0.6) is 0 Å². The fraction of sp³-hybridized carbons (Fsp3) is 0.333. The van der Waals surface area contributed by atoms with Crippen molar-refractivity contribution in [1.29, 1.82) is 0 Å². The number of urea groups is 1. The van der Waals surface area contributed by atoms with Crippen molar-refractivity contribution in [3.8, 4) is 0 Å². The number of fused-ring (bicyclic) bond motifs is 2. The van der Waals surface area contributed by atoms with E-state index in [1.807, 2.05) is 18.2 Å². The van der Waals surface area contributed by atoms with E-state index in [0.29, 0.717) is 3.92 Å². The van der Waals surface area contributed by atoms with Gasteiger partial charge in [0.05, 0.1) is 17.6 Å². The highest BCUT2D eigenvalue weighted by molar-refractivity contribution is 14.1. The minimum absolute atomic E-state index is 0.0385. The Morgan fingerprint density at radius 3 is 2.80 bits per heavy atom. The number of carbonyl (C=O) groups is 2. The molecule has 0 heterocycles. The van der Waals surface area contributed by atoms with Crippen LogP contribution in [0.25, 0.3) is 0 Å². The first-order valence-corrected chi connectivity index (χ1v) is 12.3. The SMILES string of the molecule is COC(=O)c1cccc(S(=O)(=O)NC(=O)NC2C3C=CC=C3C=C3C(I)CCC32)c1. The van der Waals surface area contributed by atoms with Gasteiger partial charge in [-0.2, -0.15) is 0 Å². The van der Waals surface area contributed by atoms with Crippen LogP contribution in [0.4, 0.5) is 4.79 Å². The third-order valence-corrected chi connectivity index (χ3v) is 8.43. The summed E-state index contributed by atoms with van der Waals surface area (Å²) in [7, 11) is -2.93. The van der Waals surface area contributed by atoms with E-state index in [1.165, 1.54) is 36.9 Å². The first-order valence-electron chi connectivity index (χ1n) is 9.56. The van der Waals surface area contributed by atoms with Crippen LogP contribution in [0.15, 0.2) is 64.6 Å². The lowest BCUT2D eigenvalue weighted by atomic mass is 9.76. The van der Waals surface area contributed by atoms with Gasteiger partial charge in [0.1, 0.15) is 0 Å². The average Bonchev–Trinajstić information content (AvgIpc) is 3.34. The monoisotopic (exact) mass is 540 g/mol. The molecule has 0 spiro atoms. The summed E-state index contributed by atoms with van der Waals surface area (Å²) in [5.74, 6) is -0.426.